The van der Waals surface area contributed by atoms with Crippen molar-refractivity contribution in [2.45, 2.75) is 26.3 Å². The van der Waals surface area contributed by atoms with E-state index in [1.165, 1.54) is 12.1 Å². The molecule has 26 heavy (non-hydrogen) atoms. The first-order chi connectivity index (χ1) is 12.3. The number of rotatable bonds is 1. The van der Waals surface area contributed by atoms with Crippen LogP contribution in [-0.4, -0.2) is 54.2 Å². The third-order valence-electron chi connectivity index (χ3n) is 4.22. The number of carbonyl (C=O) groups is 1. The van der Waals surface area contributed by atoms with E-state index in [2.05, 4.69) is 21.8 Å². The summed E-state index contributed by atoms with van der Waals surface area (Å²) in [4.78, 5) is 24.1. The zero-order chi connectivity index (χ0) is 19.3. The number of urea groups is 1. The second-order valence-corrected chi connectivity index (χ2v) is 6.53. The molecule has 5 nitrogen and oxygen atoms in total. The number of nitrogens with zero attached hydrogens (tertiary/aromatic N) is 4. The van der Waals surface area contributed by atoms with Gasteiger partial charge < -0.3 is 4.90 Å². The van der Waals surface area contributed by atoms with Gasteiger partial charge in [-0.05, 0) is 39.0 Å². The van der Waals surface area contributed by atoms with Crippen LogP contribution in [0.4, 0.5) is 9.18 Å². The van der Waals surface area contributed by atoms with Crippen LogP contribution in [0.5, 0.6) is 0 Å². The Bertz CT molecular complexity index is 843. The molecule has 0 atom stereocenters. The van der Waals surface area contributed by atoms with E-state index < -0.39 is 0 Å². The lowest BCUT2D eigenvalue weighted by molar-refractivity contribution is 0.193. The van der Waals surface area contributed by atoms with E-state index in [4.69, 9.17) is 0 Å². The molecule has 1 aromatic carbocycles. The van der Waals surface area contributed by atoms with Crippen molar-refractivity contribution in [3.63, 3.8) is 0 Å². The number of guanidine groups is 1. The van der Waals surface area contributed by atoms with Gasteiger partial charge in [0.2, 0.25) is 5.96 Å². The molecule has 1 aliphatic rings. The topological polar surface area (TPSA) is 48.3 Å². The standard InChI is InChI=1S/C20H23FN4O/c1-6-15(10-11-16-8-7-9-17(21)12-16)13-23-18(22-4)25-14-20(2,3)24(5)19(25)26/h6-9,12-13H,14H2,1-5H3/b15-6-,22-18-,23-13-. The molecule has 0 saturated carbocycles. The van der Waals surface area contributed by atoms with Gasteiger partial charge >= 0.3 is 6.03 Å². The van der Waals surface area contributed by atoms with Gasteiger partial charge in [-0.15, -0.1) is 0 Å². The van der Waals surface area contributed by atoms with E-state index >= 15 is 0 Å². The maximum atomic E-state index is 13.2. The summed E-state index contributed by atoms with van der Waals surface area (Å²) in [5.41, 5.74) is 0.943. The van der Waals surface area contributed by atoms with Crippen LogP contribution in [0, 0.1) is 17.7 Å². The quantitative estimate of drug-likeness (QED) is 0.433. The molecule has 1 aromatic rings. The van der Waals surface area contributed by atoms with Gasteiger partial charge in [-0.2, -0.15) is 0 Å². The smallest absolute Gasteiger partial charge is 0.320 e. The van der Waals surface area contributed by atoms with Gasteiger partial charge in [-0.1, -0.05) is 24.0 Å². The fourth-order valence-corrected chi connectivity index (χ4v) is 2.42. The molecule has 1 heterocycles. The van der Waals surface area contributed by atoms with Crippen LogP contribution in [0.3, 0.4) is 0 Å². The predicted octanol–water partition coefficient (Wildman–Crippen LogP) is 3.33. The molecule has 0 aromatic heterocycles. The summed E-state index contributed by atoms with van der Waals surface area (Å²) in [7, 11) is 3.36. The number of hydrogen-bond acceptors (Lipinski definition) is 2. The number of amides is 2. The predicted molar refractivity (Wildman–Crippen MR) is 103 cm³/mol. The Kier molecular flexibility index (Phi) is 5.93. The van der Waals surface area contributed by atoms with Crippen LogP contribution in [-0.2, 0) is 0 Å². The van der Waals surface area contributed by atoms with Gasteiger partial charge in [0.1, 0.15) is 5.82 Å². The summed E-state index contributed by atoms with van der Waals surface area (Å²) in [6.07, 6.45) is 3.36. The molecule has 0 unspecified atom stereocenters. The van der Waals surface area contributed by atoms with Gasteiger partial charge in [0.05, 0.1) is 12.1 Å². The summed E-state index contributed by atoms with van der Waals surface area (Å²) in [6.45, 7) is 6.32. The second kappa shape index (κ2) is 7.96. The van der Waals surface area contributed by atoms with E-state index in [9.17, 15) is 9.18 Å². The average molecular weight is 354 g/mol. The highest BCUT2D eigenvalue weighted by atomic mass is 19.1. The van der Waals surface area contributed by atoms with E-state index in [1.807, 2.05) is 20.8 Å². The number of likely N-dealkylation sites (N-methyl/N-ethyl adjacent to an activating group) is 1. The highest BCUT2D eigenvalue weighted by molar-refractivity contribution is 6.03. The second-order valence-electron chi connectivity index (χ2n) is 6.53. The Morgan fingerprint density at radius 3 is 2.65 bits per heavy atom. The SMILES string of the molecule is C\C=C(C#Cc1cccc(F)c1)/C=N\C(=N\C)N1CC(C)(C)N(C)C1=O. The lowest BCUT2D eigenvalue weighted by atomic mass is 10.1. The highest BCUT2D eigenvalue weighted by Crippen LogP contribution is 2.24. The van der Waals surface area contributed by atoms with Crippen LogP contribution in [0.2, 0.25) is 0 Å². The number of carbonyl (C=O) groups excluding carboxylic acids is 1. The summed E-state index contributed by atoms with van der Waals surface area (Å²) in [6, 6.07) is 5.96. The fourth-order valence-electron chi connectivity index (χ4n) is 2.42. The average Bonchev–Trinajstić information content (AvgIpc) is 2.81. The van der Waals surface area contributed by atoms with Gasteiger partial charge in [-0.3, -0.25) is 9.89 Å². The summed E-state index contributed by atoms with van der Waals surface area (Å²) in [5.74, 6) is 5.85. The highest BCUT2D eigenvalue weighted by Gasteiger charge is 2.42. The van der Waals surface area contributed by atoms with Gasteiger partial charge in [-0.25, -0.2) is 14.2 Å². The van der Waals surface area contributed by atoms with Crippen LogP contribution in [0.25, 0.3) is 0 Å². The number of benzene rings is 1. The zero-order valence-corrected chi connectivity index (χ0v) is 15.7. The van der Waals surface area contributed by atoms with E-state index in [0.29, 0.717) is 23.6 Å². The molecular formula is C20H23FN4O. The molecule has 0 aliphatic carbocycles. The van der Waals surface area contributed by atoms with Gasteiger partial charge in [0, 0.05) is 31.4 Å². The first-order valence-corrected chi connectivity index (χ1v) is 8.28. The van der Waals surface area contributed by atoms with Crippen molar-refractivity contribution >= 4 is 18.2 Å². The largest absolute Gasteiger partial charge is 0.327 e. The Hall–Kier alpha value is -2.94. The summed E-state index contributed by atoms with van der Waals surface area (Å²) >= 11 is 0. The van der Waals surface area contributed by atoms with Crippen molar-refractivity contribution in [3.05, 3.63) is 47.3 Å². The van der Waals surface area contributed by atoms with Crippen LogP contribution < -0.4 is 0 Å². The molecule has 2 amide bonds. The van der Waals surface area contributed by atoms with Crippen molar-refractivity contribution in [1.82, 2.24) is 9.80 Å². The first kappa shape index (κ1) is 19.4. The van der Waals surface area contributed by atoms with Crippen molar-refractivity contribution < 1.29 is 9.18 Å². The van der Waals surface area contributed by atoms with Crippen LogP contribution in [0.1, 0.15) is 26.3 Å². The molecule has 0 bridgehead atoms. The minimum atomic E-state index is -0.327. The Labute approximate surface area is 153 Å². The number of hydrogen-bond donors (Lipinski definition) is 0. The van der Waals surface area contributed by atoms with Crippen LogP contribution >= 0.6 is 0 Å². The lowest BCUT2D eigenvalue weighted by Gasteiger charge is -2.24. The van der Waals surface area contributed by atoms with Crippen molar-refractivity contribution in [2.75, 3.05) is 20.6 Å². The van der Waals surface area contributed by atoms with Crippen molar-refractivity contribution in [2.24, 2.45) is 9.98 Å². The molecule has 0 N–H and O–H groups in total. The van der Waals surface area contributed by atoms with Gasteiger partial charge in [0.15, 0.2) is 0 Å². The molecule has 2 rings (SSSR count). The molecule has 6 heteroatoms. The minimum Gasteiger partial charge on any atom is -0.320 e. The first-order valence-electron chi connectivity index (χ1n) is 8.28. The van der Waals surface area contributed by atoms with E-state index in [-0.39, 0.29) is 17.4 Å². The fraction of sp³-hybridized carbons (Fsp3) is 0.350. The Morgan fingerprint density at radius 2 is 2.12 bits per heavy atom. The normalized spacial score (nSPS) is 17.7. The van der Waals surface area contributed by atoms with Crippen molar-refractivity contribution in [1.29, 1.82) is 0 Å². The zero-order valence-electron chi connectivity index (χ0n) is 15.7. The molecular weight excluding hydrogens is 331 g/mol. The lowest BCUT2D eigenvalue weighted by Crippen LogP contribution is -2.38. The monoisotopic (exact) mass is 354 g/mol. The van der Waals surface area contributed by atoms with Crippen molar-refractivity contribution in [3.8, 4) is 11.8 Å². The van der Waals surface area contributed by atoms with E-state index in [0.717, 1.165) is 0 Å². The molecule has 0 radical (unpaired) electrons. The third-order valence-corrected chi connectivity index (χ3v) is 4.22. The maximum absolute atomic E-state index is 13.2. The molecule has 1 fully saturated rings. The number of halogens is 1. The minimum absolute atomic E-state index is 0.138. The molecule has 1 aliphatic heterocycles. The summed E-state index contributed by atoms with van der Waals surface area (Å²) < 4.78 is 13.2. The maximum Gasteiger partial charge on any atom is 0.327 e. The Morgan fingerprint density at radius 1 is 1.38 bits per heavy atom. The Balaban J connectivity index is 2.17. The molecule has 1 saturated heterocycles. The van der Waals surface area contributed by atoms with E-state index in [1.54, 1.807) is 48.3 Å². The number of aliphatic imine (C=N–C) groups is 2. The molecule has 136 valence electrons. The van der Waals surface area contributed by atoms with Crippen LogP contribution in [0.15, 0.2) is 45.9 Å². The number of allylic oxidation sites excluding steroid dienone is 2. The summed E-state index contributed by atoms with van der Waals surface area (Å²) in [5, 5.41) is 0. The van der Waals surface area contributed by atoms with Gasteiger partial charge in [0.25, 0.3) is 0 Å². The molecule has 0 spiro atoms. The third kappa shape index (κ3) is 4.37.